The second-order valence-corrected chi connectivity index (χ2v) is 2.95. The van der Waals surface area contributed by atoms with Crippen LogP contribution < -0.4 is 0 Å². The Kier molecular flexibility index (Phi) is 2.00. The summed E-state index contributed by atoms with van der Waals surface area (Å²) in [5.74, 6) is -1.24. The molecule has 0 radical (unpaired) electrons. The van der Waals surface area contributed by atoms with E-state index >= 15 is 0 Å². The Balaban J connectivity index is 2.76. The van der Waals surface area contributed by atoms with Crippen LogP contribution in [-0.4, -0.2) is 23.3 Å². The fourth-order valence-electron chi connectivity index (χ4n) is 1.37. The lowest BCUT2D eigenvalue weighted by Crippen LogP contribution is -1.99. The molecule has 0 amide bonds. The van der Waals surface area contributed by atoms with Gasteiger partial charge in [-0.05, 0) is 18.2 Å². The second kappa shape index (κ2) is 3.20. The summed E-state index contributed by atoms with van der Waals surface area (Å²) in [5, 5.41) is 18.9. The van der Waals surface area contributed by atoms with Crippen LogP contribution in [0.15, 0.2) is 22.6 Å². The number of carbonyl (C=O) groups is 1. The van der Waals surface area contributed by atoms with Gasteiger partial charge in [-0.15, -0.1) is 0 Å². The smallest absolute Gasteiger partial charge is 0.345 e. The first-order chi connectivity index (χ1) is 7.13. The number of hydrogen-bond acceptors (Lipinski definition) is 5. The van der Waals surface area contributed by atoms with E-state index in [1.54, 1.807) is 0 Å². The largest absolute Gasteiger partial charge is 0.508 e. The number of aromatic hydroxyl groups is 2. The highest BCUT2D eigenvalue weighted by atomic mass is 16.5. The van der Waals surface area contributed by atoms with Crippen molar-refractivity contribution >= 4 is 16.9 Å². The number of furan rings is 1. The normalized spacial score (nSPS) is 10.5. The molecule has 0 saturated heterocycles. The average Bonchev–Trinajstić information content (AvgIpc) is 2.52. The van der Waals surface area contributed by atoms with Gasteiger partial charge in [-0.3, -0.25) is 0 Å². The lowest BCUT2D eigenvalue weighted by molar-refractivity contribution is 0.0597. The number of ether oxygens (including phenoxy) is 1. The summed E-state index contributed by atoms with van der Waals surface area (Å²) in [6.07, 6.45) is 0. The summed E-state index contributed by atoms with van der Waals surface area (Å²) in [7, 11) is 1.20. The molecule has 1 heterocycles. The summed E-state index contributed by atoms with van der Waals surface area (Å²) in [5.41, 5.74) is 0.231. The average molecular weight is 208 g/mol. The summed E-state index contributed by atoms with van der Waals surface area (Å²) in [4.78, 5) is 11.3. The van der Waals surface area contributed by atoms with Crippen molar-refractivity contribution in [2.75, 3.05) is 7.11 Å². The van der Waals surface area contributed by atoms with Gasteiger partial charge in [-0.1, -0.05) is 0 Å². The molecule has 0 aliphatic carbocycles. The molecule has 0 aliphatic rings. The molecule has 5 heteroatoms. The van der Waals surface area contributed by atoms with Gasteiger partial charge in [0, 0.05) is 5.39 Å². The molecule has 0 atom stereocenters. The Bertz CT molecular complexity index is 526. The molecule has 2 aromatic rings. The molecule has 1 aromatic heterocycles. The Labute approximate surface area is 84.5 Å². The van der Waals surface area contributed by atoms with Crippen LogP contribution in [-0.2, 0) is 4.74 Å². The van der Waals surface area contributed by atoms with Crippen LogP contribution >= 0.6 is 0 Å². The molecule has 0 bridgehead atoms. The first-order valence-corrected chi connectivity index (χ1v) is 4.16. The molecule has 0 saturated carbocycles. The molecule has 0 fully saturated rings. The Morgan fingerprint density at radius 3 is 2.80 bits per heavy atom. The molecule has 0 spiro atoms. The van der Waals surface area contributed by atoms with E-state index in [4.69, 9.17) is 4.42 Å². The summed E-state index contributed by atoms with van der Waals surface area (Å²) < 4.78 is 9.40. The van der Waals surface area contributed by atoms with Gasteiger partial charge in [0.25, 0.3) is 5.95 Å². The van der Waals surface area contributed by atoms with Crippen molar-refractivity contribution in [3.8, 4) is 11.7 Å². The van der Waals surface area contributed by atoms with E-state index in [0.717, 1.165) is 0 Å². The van der Waals surface area contributed by atoms with Crippen LogP contribution in [0.4, 0.5) is 0 Å². The third kappa shape index (κ3) is 1.38. The predicted molar refractivity (Wildman–Crippen MR) is 50.9 cm³/mol. The summed E-state index contributed by atoms with van der Waals surface area (Å²) in [6.45, 7) is 0. The van der Waals surface area contributed by atoms with E-state index < -0.39 is 11.9 Å². The second-order valence-electron chi connectivity index (χ2n) is 2.95. The van der Waals surface area contributed by atoms with Crippen molar-refractivity contribution in [3.63, 3.8) is 0 Å². The number of benzene rings is 1. The van der Waals surface area contributed by atoms with E-state index in [0.29, 0.717) is 11.0 Å². The third-order valence-electron chi connectivity index (χ3n) is 2.04. The van der Waals surface area contributed by atoms with Gasteiger partial charge >= 0.3 is 5.97 Å². The monoisotopic (exact) mass is 208 g/mol. The number of fused-ring (bicyclic) bond motifs is 1. The molecular formula is C10H8O5. The number of rotatable bonds is 1. The maximum Gasteiger partial charge on any atom is 0.345 e. The van der Waals surface area contributed by atoms with E-state index in [2.05, 4.69) is 4.74 Å². The highest BCUT2D eigenvalue weighted by molar-refractivity contribution is 6.05. The molecular weight excluding hydrogens is 200 g/mol. The maximum absolute atomic E-state index is 11.3. The lowest BCUT2D eigenvalue weighted by Gasteiger charge is -1.96. The fourth-order valence-corrected chi connectivity index (χ4v) is 1.37. The minimum atomic E-state index is -0.711. The number of methoxy groups -OCH3 is 1. The number of esters is 1. The van der Waals surface area contributed by atoms with Crippen molar-refractivity contribution in [1.82, 2.24) is 0 Å². The van der Waals surface area contributed by atoms with Crippen molar-refractivity contribution in [2.24, 2.45) is 0 Å². The van der Waals surface area contributed by atoms with Crippen molar-refractivity contribution in [2.45, 2.75) is 0 Å². The van der Waals surface area contributed by atoms with Crippen LogP contribution in [0.1, 0.15) is 10.4 Å². The highest BCUT2D eigenvalue weighted by Crippen LogP contribution is 2.33. The number of phenolic OH excluding ortho intramolecular Hbond substituents is 1. The zero-order chi connectivity index (χ0) is 11.0. The van der Waals surface area contributed by atoms with Crippen LogP contribution in [0.3, 0.4) is 0 Å². The van der Waals surface area contributed by atoms with Crippen molar-refractivity contribution in [1.29, 1.82) is 0 Å². The summed E-state index contributed by atoms with van der Waals surface area (Å²) >= 11 is 0. The van der Waals surface area contributed by atoms with Crippen molar-refractivity contribution < 1.29 is 24.2 Å². The van der Waals surface area contributed by atoms with Crippen molar-refractivity contribution in [3.05, 3.63) is 23.8 Å². The topological polar surface area (TPSA) is 79.9 Å². The fraction of sp³-hybridized carbons (Fsp3) is 0.100. The van der Waals surface area contributed by atoms with Crippen LogP contribution in [0.2, 0.25) is 0 Å². The van der Waals surface area contributed by atoms with Gasteiger partial charge in [0.1, 0.15) is 11.3 Å². The Hall–Kier alpha value is -2.17. The molecule has 2 N–H and O–H groups in total. The number of carbonyl (C=O) groups excluding carboxylic acids is 1. The van der Waals surface area contributed by atoms with Gasteiger partial charge in [0.05, 0.1) is 7.11 Å². The quantitative estimate of drug-likeness (QED) is 0.696. The lowest BCUT2D eigenvalue weighted by atomic mass is 10.1. The third-order valence-corrected chi connectivity index (χ3v) is 2.04. The SMILES string of the molecule is COC(=O)c1c(O)oc2ccc(O)cc12. The van der Waals surface area contributed by atoms with E-state index in [-0.39, 0.29) is 11.3 Å². The highest BCUT2D eigenvalue weighted by Gasteiger charge is 2.21. The van der Waals surface area contributed by atoms with Gasteiger partial charge in [-0.2, -0.15) is 0 Å². The molecule has 15 heavy (non-hydrogen) atoms. The predicted octanol–water partition coefficient (Wildman–Crippen LogP) is 1.63. The standard InChI is InChI=1S/C10H8O5/c1-14-9(12)8-6-4-5(11)2-3-7(6)15-10(8)13/h2-4,11,13H,1H3. The minimum absolute atomic E-state index is 0.0200. The number of phenols is 1. The molecule has 5 nitrogen and oxygen atoms in total. The van der Waals surface area contributed by atoms with Gasteiger partial charge in [0.15, 0.2) is 5.56 Å². The van der Waals surface area contributed by atoms with E-state index in [1.807, 2.05) is 0 Å². The molecule has 2 rings (SSSR count). The molecule has 0 aliphatic heterocycles. The van der Waals surface area contributed by atoms with Crippen LogP contribution in [0, 0.1) is 0 Å². The van der Waals surface area contributed by atoms with E-state index in [1.165, 1.54) is 25.3 Å². The Morgan fingerprint density at radius 2 is 2.13 bits per heavy atom. The minimum Gasteiger partial charge on any atom is -0.508 e. The maximum atomic E-state index is 11.3. The first kappa shape index (κ1) is 9.39. The van der Waals surface area contributed by atoms with E-state index in [9.17, 15) is 15.0 Å². The molecule has 0 unspecified atom stereocenters. The zero-order valence-corrected chi connectivity index (χ0v) is 7.85. The van der Waals surface area contributed by atoms with Gasteiger partial charge in [0.2, 0.25) is 0 Å². The summed E-state index contributed by atoms with van der Waals surface area (Å²) in [6, 6.07) is 4.17. The number of hydrogen-bond donors (Lipinski definition) is 2. The molecule has 78 valence electrons. The Morgan fingerprint density at radius 1 is 1.40 bits per heavy atom. The van der Waals surface area contributed by atoms with Crippen LogP contribution in [0.25, 0.3) is 11.0 Å². The van der Waals surface area contributed by atoms with Crippen LogP contribution in [0.5, 0.6) is 11.7 Å². The van der Waals surface area contributed by atoms with Gasteiger partial charge in [-0.25, -0.2) is 4.79 Å². The zero-order valence-electron chi connectivity index (χ0n) is 7.85. The first-order valence-electron chi connectivity index (χ1n) is 4.16. The molecule has 1 aromatic carbocycles. The van der Waals surface area contributed by atoms with Gasteiger partial charge < -0.3 is 19.4 Å².